The maximum absolute atomic E-state index is 12.5. The minimum absolute atomic E-state index is 0.0657. The van der Waals surface area contributed by atoms with Crippen LogP contribution in [0, 0.1) is 5.92 Å². The Morgan fingerprint density at radius 2 is 2.24 bits per heavy atom. The molecule has 21 heavy (non-hydrogen) atoms. The first-order valence-electron chi connectivity index (χ1n) is 7.72. The fourth-order valence-corrected chi connectivity index (χ4v) is 2.82. The third-order valence-corrected chi connectivity index (χ3v) is 4.32. The van der Waals surface area contributed by atoms with Crippen molar-refractivity contribution in [1.29, 1.82) is 0 Å². The molecule has 0 aliphatic carbocycles. The van der Waals surface area contributed by atoms with Gasteiger partial charge in [-0.15, -0.1) is 0 Å². The van der Waals surface area contributed by atoms with Crippen LogP contribution >= 0.6 is 0 Å². The molecule has 1 aromatic carbocycles. The molecule has 1 aliphatic heterocycles. The minimum Gasteiger partial charge on any atom is -0.497 e. The van der Waals surface area contributed by atoms with Crippen molar-refractivity contribution in [2.75, 3.05) is 13.7 Å². The van der Waals surface area contributed by atoms with E-state index in [0.717, 1.165) is 30.7 Å². The third-order valence-electron chi connectivity index (χ3n) is 4.32. The predicted molar refractivity (Wildman–Crippen MR) is 84.1 cm³/mol. The molecule has 4 heteroatoms. The summed E-state index contributed by atoms with van der Waals surface area (Å²) in [5, 5.41) is 0. The lowest BCUT2D eigenvalue weighted by atomic mass is 10.00. The Hall–Kier alpha value is -1.55. The molecule has 2 atom stereocenters. The lowest BCUT2D eigenvalue weighted by molar-refractivity contribution is -0.132. The second-order valence-corrected chi connectivity index (χ2v) is 6.13. The van der Waals surface area contributed by atoms with E-state index in [-0.39, 0.29) is 18.0 Å². The molecular formula is C17H26N2O2. The predicted octanol–water partition coefficient (Wildman–Crippen LogP) is 2.73. The molecule has 0 radical (unpaired) electrons. The molecule has 1 amide bonds. The minimum atomic E-state index is -0.0657. The smallest absolute Gasteiger partial charge is 0.224 e. The molecule has 2 unspecified atom stereocenters. The summed E-state index contributed by atoms with van der Waals surface area (Å²) in [6, 6.07) is 8.10. The zero-order valence-corrected chi connectivity index (χ0v) is 13.2. The van der Waals surface area contributed by atoms with Crippen LogP contribution in [0.4, 0.5) is 0 Å². The summed E-state index contributed by atoms with van der Waals surface area (Å²) in [4.78, 5) is 14.5. The van der Waals surface area contributed by atoms with Gasteiger partial charge in [-0.3, -0.25) is 4.79 Å². The molecule has 1 saturated heterocycles. The molecule has 1 aromatic rings. The first kappa shape index (κ1) is 15.8. The summed E-state index contributed by atoms with van der Waals surface area (Å²) in [5.74, 6) is 1.33. The van der Waals surface area contributed by atoms with Crippen LogP contribution in [0.5, 0.6) is 5.75 Å². The van der Waals surface area contributed by atoms with E-state index in [0.29, 0.717) is 12.3 Å². The molecule has 0 saturated carbocycles. The number of carbonyl (C=O) groups is 1. The molecule has 1 fully saturated rings. The summed E-state index contributed by atoms with van der Waals surface area (Å²) in [7, 11) is 1.67. The number of nitrogens with zero attached hydrogens (tertiary/aromatic N) is 1. The van der Waals surface area contributed by atoms with Gasteiger partial charge in [-0.1, -0.05) is 26.0 Å². The summed E-state index contributed by atoms with van der Waals surface area (Å²) < 4.78 is 5.28. The fraction of sp³-hybridized carbons (Fsp3) is 0.588. The normalized spacial score (nSPS) is 19.9. The molecule has 0 bridgehead atoms. The number of carbonyl (C=O) groups excluding carboxylic acids is 1. The number of methoxy groups -OCH3 is 1. The van der Waals surface area contributed by atoms with E-state index in [4.69, 9.17) is 10.5 Å². The highest BCUT2D eigenvalue weighted by molar-refractivity contribution is 5.77. The van der Waals surface area contributed by atoms with Crippen molar-refractivity contribution >= 4 is 5.91 Å². The van der Waals surface area contributed by atoms with Crippen molar-refractivity contribution in [2.24, 2.45) is 11.7 Å². The van der Waals surface area contributed by atoms with Crippen molar-refractivity contribution in [1.82, 2.24) is 4.90 Å². The van der Waals surface area contributed by atoms with E-state index < -0.39 is 0 Å². The van der Waals surface area contributed by atoms with Gasteiger partial charge in [0.1, 0.15) is 5.75 Å². The summed E-state index contributed by atoms with van der Waals surface area (Å²) in [5.41, 5.74) is 7.20. The van der Waals surface area contributed by atoms with Crippen LogP contribution in [-0.2, 0) is 4.79 Å². The lowest BCUT2D eigenvalue weighted by Crippen LogP contribution is -2.37. The van der Waals surface area contributed by atoms with Crippen molar-refractivity contribution in [3.05, 3.63) is 29.8 Å². The Kier molecular flexibility index (Phi) is 5.23. The molecule has 2 rings (SSSR count). The Morgan fingerprint density at radius 3 is 2.90 bits per heavy atom. The van der Waals surface area contributed by atoms with E-state index in [9.17, 15) is 4.79 Å². The monoisotopic (exact) mass is 290 g/mol. The highest BCUT2D eigenvalue weighted by Gasteiger charge is 2.31. The van der Waals surface area contributed by atoms with Gasteiger partial charge in [0.15, 0.2) is 0 Å². The fourth-order valence-electron chi connectivity index (χ4n) is 2.82. The Morgan fingerprint density at radius 1 is 1.48 bits per heavy atom. The van der Waals surface area contributed by atoms with Crippen molar-refractivity contribution in [3.63, 3.8) is 0 Å². The van der Waals surface area contributed by atoms with Crippen LogP contribution in [0.2, 0.25) is 0 Å². The Bertz CT molecular complexity index is 487. The van der Waals surface area contributed by atoms with Gasteiger partial charge in [-0.25, -0.2) is 0 Å². The van der Waals surface area contributed by atoms with E-state index in [1.807, 2.05) is 23.1 Å². The molecule has 4 nitrogen and oxygen atoms in total. The second-order valence-electron chi connectivity index (χ2n) is 6.13. The lowest BCUT2D eigenvalue weighted by Gasteiger charge is -2.27. The third kappa shape index (κ3) is 3.76. The molecule has 2 N–H and O–H groups in total. The maximum atomic E-state index is 12.5. The number of hydrogen-bond acceptors (Lipinski definition) is 3. The average molecular weight is 290 g/mol. The number of hydrogen-bond donors (Lipinski definition) is 1. The first-order chi connectivity index (χ1) is 10.0. The summed E-state index contributed by atoms with van der Waals surface area (Å²) >= 11 is 0. The van der Waals surface area contributed by atoms with Gasteiger partial charge in [0.05, 0.1) is 13.2 Å². The van der Waals surface area contributed by atoms with Gasteiger partial charge in [-0.2, -0.15) is 0 Å². The van der Waals surface area contributed by atoms with Crippen LogP contribution in [0.3, 0.4) is 0 Å². The standard InChI is InChI=1S/C17H26N2O2/c1-12(2)15(18)11-17(20)19-9-5-8-16(19)13-6-4-7-14(10-13)21-3/h4,6-7,10,12,15-16H,5,8-9,11,18H2,1-3H3. The Balaban J connectivity index is 2.10. The first-order valence-corrected chi connectivity index (χ1v) is 7.72. The van der Waals surface area contributed by atoms with Crippen LogP contribution in [-0.4, -0.2) is 30.5 Å². The van der Waals surface area contributed by atoms with Crippen LogP contribution < -0.4 is 10.5 Å². The number of rotatable bonds is 5. The highest BCUT2D eigenvalue weighted by atomic mass is 16.5. The summed E-state index contributed by atoms with van der Waals surface area (Å²) in [6.45, 7) is 4.94. The molecular weight excluding hydrogens is 264 g/mol. The molecule has 0 aromatic heterocycles. The van der Waals surface area contributed by atoms with Gasteiger partial charge in [0.25, 0.3) is 0 Å². The van der Waals surface area contributed by atoms with E-state index >= 15 is 0 Å². The number of likely N-dealkylation sites (tertiary alicyclic amines) is 1. The SMILES string of the molecule is COc1cccc(C2CCCN2C(=O)CC(N)C(C)C)c1. The molecule has 1 heterocycles. The van der Waals surface area contributed by atoms with Crippen molar-refractivity contribution < 1.29 is 9.53 Å². The number of ether oxygens (including phenoxy) is 1. The largest absolute Gasteiger partial charge is 0.497 e. The average Bonchev–Trinajstić information content (AvgIpc) is 2.96. The topological polar surface area (TPSA) is 55.6 Å². The highest BCUT2D eigenvalue weighted by Crippen LogP contribution is 2.34. The number of amides is 1. The van der Waals surface area contributed by atoms with Gasteiger partial charge < -0.3 is 15.4 Å². The van der Waals surface area contributed by atoms with E-state index in [1.165, 1.54) is 0 Å². The zero-order chi connectivity index (χ0) is 15.4. The quantitative estimate of drug-likeness (QED) is 0.907. The van der Waals surface area contributed by atoms with Gasteiger partial charge in [-0.05, 0) is 36.5 Å². The van der Waals surface area contributed by atoms with Gasteiger partial charge in [0.2, 0.25) is 5.91 Å². The molecule has 1 aliphatic rings. The van der Waals surface area contributed by atoms with Crippen LogP contribution in [0.1, 0.15) is 44.7 Å². The molecule has 116 valence electrons. The van der Waals surface area contributed by atoms with Crippen LogP contribution in [0.15, 0.2) is 24.3 Å². The van der Waals surface area contributed by atoms with Crippen molar-refractivity contribution in [2.45, 2.75) is 45.2 Å². The maximum Gasteiger partial charge on any atom is 0.224 e. The second kappa shape index (κ2) is 6.94. The Labute approximate surface area is 127 Å². The number of nitrogens with two attached hydrogens (primary N) is 1. The van der Waals surface area contributed by atoms with E-state index in [2.05, 4.69) is 19.9 Å². The molecule has 0 spiro atoms. The van der Waals surface area contributed by atoms with Gasteiger partial charge >= 0.3 is 0 Å². The zero-order valence-electron chi connectivity index (χ0n) is 13.2. The summed E-state index contributed by atoms with van der Waals surface area (Å²) in [6.07, 6.45) is 2.48. The van der Waals surface area contributed by atoms with Crippen molar-refractivity contribution in [3.8, 4) is 5.75 Å². The number of benzene rings is 1. The van der Waals surface area contributed by atoms with Crippen LogP contribution in [0.25, 0.3) is 0 Å². The van der Waals surface area contributed by atoms with E-state index in [1.54, 1.807) is 7.11 Å². The van der Waals surface area contributed by atoms with Gasteiger partial charge in [0, 0.05) is 19.0 Å².